The fraction of sp³-hybridized carbons (Fsp3) is 0.158. The monoisotopic (exact) mass is 341 g/mol. The highest BCUT2D eigenvalue weighted by atomic mass is 35.5. The van der Waals surface area contributed by atoms with Gasteiger partial charge in [-0.3, -0.25) is 4.79 Å². The van der Waals surface area contributed by atoms with Gasteiger partial charge in [-0.15, -0.1) is 0 Å². The number of hydrogen-bond donors (Lipinski definition) is 0. The Morgan fingerprint density at radius 3 is 2.71 bits per heavy atom. The minimum absolute atomic E-state index is 0.223. The molecular weight excluding hydrogens is 326 g/mol. The van der Waals surface area contributed by atoms with Crippen molar-refractivity contribution in [2.45, 2.75) is 6.42 Å². The first-order chi connectivity index (χ1) is 11.6. The zero-order chi connectivity index (χ0) is 16.9. The topological polar surface area (TPSA) is 46.6 Å². The van der Waals surface area contributed by atoms with Crippen LogP contribution in [0.4, 0.5) is 5.69 Å². The molecule has 122 valence electrons. The summed E-state index contributed by atoms with van der Waals surface area (Å²) in [4.78, 5) is 25.7. The summed E-state index contributed by atoms with van der Waals surface area (Å²) in [5, 5.41) is 0.548. The normalized spacial score (nSPS) is 13.1. The van der Waals surface area contributed by atoms with Crippen LogP contribution in [0, 0.1) is 0 Å². The number of anilines is 1. The van der Waals surface area contributed by atoms with Crippen molar-refractivity contribution in [2.24, 2.45) is 0 Å². The number of amides is 1. The van der Waals surface area contributed by atoms with Gasteiger partial charge in [0.05, 0.1) is 0 Å². The number of esters is 1. The maximum atomic E-state index is 12.2. The van der Waals surface area contributed by atoms with Gasteiger partial charge in [-0.05, 0) is 35.8 Å². The summed E-state index contributed by atoms with van der Waals surface area (Å²) in [5.74, 6) is -0.796. The van der Waals surface area contributed by atoms with Gasteiger partial charge in [-0.2, -0.15) is 0 Å². The van der Waals surface area contributed by atoms with E-state index in [1.807, 2.05) is 36.4 Å². The average Bonchev–Trinajstić information content (AvgIpc) is 3.03. The molecule has 0 spiro atoms. The zero-order valence-corrected chi connectivity index (χ0v) is 13.7. The number of benzene rings is 2. The van der Waals surface area contributed by atoms with Crippen LogP contribution in [0.3, 0.4) is 0 Å². The Balaban J connectivity index is 1.55. The number of halogens is 1. The van der Waals surface area contributed by atoms with E-state index in [1.54, 1.807) is 23.1 Å². The summed E-state index contributed by atoms with van der Waals surface area (Å²) in [7, 11) is 0. The van der Waals surface area contributed by atoms with Crippen LogP contribution in [-0.2, 0) is 20.7 Å². The van der Waals surface area contributed by atoms with Crippen LogP contribution in [0.15, 0.2) is 54.6 Å². The molecule has 1 amide bonds. The van der Waals surface area contributed by atoms with Crippen LogP contribution in [0.5, 0.6) is 0 Å². The number of para-hydroxylation sites is 1. The Labute approximate surface area is 145 Å². The molecule has 4 nitrogen and oxygen atoms in total. The predicted molar refractivity (Wildman–Crippen MR) is 93.9 cm³/mol. The molecule has 24 heavy (non-hydrogen) atoms. The quantitative estimate of drug-likeness (QED) is 0.631. The molecule has 2 aromatic carbocycles. The Morgan fingerprint density at radius 1 is 1.12 bits per heavy atom. The van der Waals surface area contributed by atoms with E-state index in [1.165, 1.54) is 6.08 Å². The van der Waals surface area contributed by atoms with Crippen LogP contribution in [0.2, 0.25) is 5.02 Å². The zero-order valence-electron chi connectivity index (χ0n) is 12.9. The smallest absolute Gasteiger partial charge is 0.331 e. The second kappa shape index (κ2) is 7.32. The molecule has 0 radical (unpaired) electrons. The van der Waals surface area contributed by atoms with E-state index in [9.17, 15) is 9.59 Å². The highest BCUT2D eigenvalue weighted by molar-refractivity contribution is 6.32. The molecule has 0 N–H and O–H groups in total. The number of fused-ring (bicyclic) bond motifs is 1. The van der Waals surface area contributed by atoms with Crippen molar-refractivity contribution in [3.63, 3.8) is 0 Å². The lowest BCUT2D eigenvalue weighted by atomic mass is 10.2. The van der Waals surface area contributed by atoms with Gasteiger partial charge in [0.15, 0.2) is 6.61 Å². The SMILES string of the molecule is O=C(/C=C/c1ccccc1Cl)OCC(=O)N1CCc2ccccc21. The maximum Gasteiger partial charge on any atom is 0.331 e. The Morgan fingerprint density at radius 2 is 1.88 bits per heavy atom. The predicted octanol–water partition coefficient (Wildman–Crippen LogP) is 3.49. The Hall–Kier alpha value is -2.59. The number of ether oxygens (including phenoxy) is 1. The molecule has 0 saturated carbocycles. The summed E-state index contributed by atoms with van der Waals surface area (Å²) in [6.07, 6.45) is 3.66. The fourth-order valence-electron chi connectivity index (χ4n) is 2.62. The van der Waals surface area contributed by atoms with E-state index >= 15 is 0 Å². The standard InChI is InChI=1S/C19H16ClNO3/c20-16-7-3-1-5-14(16)9-10-19(23)24-13-18(22)21-12-11-15-6-2-4-8-17(15)21/h1-10H,11-13H2/b10-9+. The van der Waals surface area contributed by atoms with Crippen LogP contribution in [-0.4, -0.2) is 25.0 Å². The minimum Gasteiger partial charge on any atom is -0.452 e. The van der Waals surface area contributed by atoms with Crippen molar-refractivity contribution in [1.29, 1.82) is 0 Å². The lowest BCUT2D eigenvalue weighted by Crippen LogP contribution is -2.33. The molecule has 0 bridgehead atoms. The number of carbonyl (C=O) groups excluding carboxylic acids is 2. The summed E-state index contributed by atoms with van der Waals surface area (Å²) >= 11 is 6.01. The van der Waals surface area contributed by atoms with Crippen LogP contribution >= 0.6 is 11.6 Å². The Kier molecular flexibility index (Phi) is 4.96. The second-order valence-corrected chi connectivity index (χ2v) is 5.79. The first-order valence-corrected chi connectivity index (χ1v) is 8.00. The maximum absolute atomic E-state index is 12.2. The molecule has 2 aromatic rings. The van der Waals surface area contributed by atoms with Gasteiger partial charge >= 0.3 is 5.97 Å². The molecular formula is C19H16ClNO3. The third-order valence-corrected chi connectivity index (χ3v) is 4.17. The van der Waals surface area contributed by atoms with Crippen molar-refractivity contribution in [3.8, 4) is 0 Å². The Bertz CT molecular complexity index is 801. The molecule has 1 aliphatic rings. The number of nitrogens with zero attached hydrogens (tertiary/aromatic N) is 1. The molecule has 0 aliphatic carbocycles. The van der Waals surface area contributed by atoms with E-state index in [0.29, 0.717) is 11.6 Å². The van der Waals surface area contributed by atoms with Crippen molar-refractivity contribution in [1.82, 2.24) is 0 Å². The third kappa shape index (κ3) is 3.66. The lowest BCUT2D eigenvalue weighted by molar-refractivity contribution is -0.142. The molecule has 0 unspecified atom stereocenters. The first kappa shape index (κ1) is 16.3. The summed E-state index contributed by atoms with van der Waals surface area (Å²) in [6.45, 7) is 0.339. The summed E-state index contributed by atoms with van der Waals surface area (Å²) in [5.41, 5.74) is 2.75. The van der Waals surface area contributed by atoms with Crippen LogP contribution < -0.4 is 4.90 Å². The molecule has 1 heterocycles. The average molecular weight is 342 g/mol. The largest absolute Gasteiger partial charge is 0.452 e. The van der Waals surface area contributed by atoms with Gasteiger partial charge < -0.3 is 9.64 Å². The lowest BCUT2D eigenvalue weighted by Gasteiger charge is -2.16. The van der Waals surface area contributed by atoms with E-state index in [0.717, 1.165) is 23.2 Å². The first-order valence-electron chi connectivity index (χ1n) is 7.63. The second-order valence-electron chi connectivity index (χ2n) is 5.39. The third-order valence-electron chi connectivity index (χ3n) is 3.83. The van der Waals surface area contributed by atoms with Gasteiger partial charge in [-0.1, -0.05) is 48.0 Å². The van der Waals surface area contributed by atoms with Crippen LogP contribution in [0.1, 0.15) is 11.1 Å². The number of carbonyl (C=O) groups is 2. The molecule has 0 atom stereocenters. The molecule has 1 aliphatic heterocycles. The van der Waals surface area contributed by atoms with E-state index < -0.39 is 5.97 Å². The molecule has 5 heteroatoms. The van der Waals surface area contributed by atoms with Crippen molar-refractivity contribution in [2.75, 3.05) is 18.1 Å². The number of rotatable bonds is 4. The molecule has 0 aromatic heterocycles. The molecule has 0 saturated heterocycles. The number of hydrogen-bond acceptors (Lipinski definition) is 3. The van der Waals surface area contributed by atoms with Crippen molar-refractivity contribution >= 4 is 35.2 Å². The van der Waals surface area contributed by atoms with Crippen molar-refractivity contribution in [3.05, 3.63) is 70.8 Å². The molecule has 3 rings (SSSR count). The fourth-order valence-corrected chi connectivity index (χ4v) is 2.82. The summed E-state index contributed by atoms with van der Waals surface area (Å²) in [6, 6.07) is 14.9. The molecule has 0 fully saturated rings. The van der Waals surface area contributed by atoms with Crippen LogP contribution in [0.25, 0.3) is 6.08 Å². The minimum atomic E-state index is -0.573. The van der Waals surface area contributed by atoms with Gasteiger partial charge in [-0.25, -0.2) is 4.79 Å². The van der Waals surface area contributed by atoms with Gasteiger partial charge in [0.25, 0.3) is 5.91 Å². The highest BCUT2D eigenvalue weighted by Gasteiger charge is 2.24. The summed E-state index contributed by atoms with van der Waals surface area (Å²) < 4.78 is 5.03. The van der Waals surface area contributed by atoms with E-state index in [2.05, 4.69) is 0 Å². The van der Waals surface area contributed by atoms with E-state index in [4.69, 9.17) is 16.3 Å². The van der Waals surface area contributed by atoms with E-state index in [-0.39, 0.29) is 12.5 Å². The van der Waals surface area contributed by atoms with Gasteiger partial charge in [0.1, 0.15) is 0 Å². The van der Waals surface area contributed by atoms with Crippen molar-refractivity contribution < 1.29 is 14.3 Å². The van der Waals surface area contributed by atoms with Gasteiger partial charge in [0, 0.05) is 23.3 Å². The highest BCUT2D eigenvalue weighted by Crippen LogP contribution is 2.27. The van der Waals surface area contributed by atoms with Gasteiger partial charge in [0.2, 0.25) is 0 Å².